The van der Waals surface area contributed by atoms with Crippen LogP contribution in [0, 0.1) is 0 Å². The van der Waals surface area contributed by atoms with Crippen LogP contribution in [0.5, 0.6) is 0 Å². The topological polar surface area (TPSA) is 21.6 Å². The van der Waals surface area contributed by atoms with Gasteiger partial charge in [0.15, 0.2) is 5.90 Å². The lowest BCUT2D eigenvalue weighted by Crippen LogP contribution is -2.20. The first-order valence-electron chi connectivity index (χ1n) is 12.2. The van der Waals surface area contributed by atoms with Gasteiger partial charge in [-0.2, -0.15) is 0 Å². The second kappa shape index (κ2) is 17.3. The lowest BCUT2D eigenvalue weighted by molar-refractivity contribution is 0.180. The molecule has 158 valence electrons. The van der Waals surface area contributed by atoms with Gasteiger partial charge in [-0.15, -0.1) is 0 Å². The molecule has 0 aromatic heterocycles. The molecule has 0 aliphatic carbocycles. The molecule has 0 saturated heterocycles. The van der Waals surface area contributed by atoms with Gasteiger partial charge in [0.1, 0.15) is 6.10 Å². The zero-order valence-corrected chi connectivity index (χ0v) is 18.7. The van der Waals surface area contributed by atoms with Gasteiger partial charge in [0.25, 0.3) is 0 Å². The van der Waals surface area contributed by atoms with Crippen molar-refractivity contribution in [3.05, 3.63) is 12.2 Å². The molecule has 0 fully saturated rings. The van der Waals surface area contributed by atoms with E-state index in [2.05, 4.69) is 32.9 Å². The Morgan fingerprint density at radius 2 is 1.26 bits per heavy atom. The highest BCUT2D eigenvalue weighted by molar-refractivity contribution is 5.78. The number of rotatable bonds is 18. The Hall–Kier alpha value is -0.790. The smallest absolute Gasteiger partial charge is 0.184 e. The number of nitrogens with zero attached hydrogens (tertiary/aromatic N) is 1. The van der Waals surface area contributed by atoms with E-state index in [-0.39, 0.29) is 0 Å². The molecule has 0 amide bonds. The third-order valence-electron chi connectivity index (χ3n) is 5.75. The number of aliphatic imine (C=N–C) groups is 1. The summed E-state index contributed by atoms with van der Waals surface area (Å²) in [4.78, 5) is 4.75. The zero-order valence-electron chi connectivity index (χ0n) is 18.7. The van der Waals surface area contributed by atoms with Crippen molar-refractivity contribution in [3.8, 4) is 0 Å². The number of allylic oxidation sites excluding steroid dienone is 2. The van der Waals surface area contributed by atoms with E-state index in [4.69, 9.17) is 9.73 Å². The van der Waals surface area contributed by atoms with Crippen LogP contribution in [0.25, 0.3) is 0 Å². The summed E-state index contributed by atoms with van der Waals surface area (Å²) in [6, 6.07) is 0.416. The highest BCUT2D eigenvalue weighted by Gasteiger charge is 2.27. The largest absolute Gasteiger partial charge is 0.475 e. The normalized spacial score (nSPS) is 19.6. The van der Waals surface area contributed by atoms with Crippen molar-refractivity contribution >= 4 is 5.90 Å². The van der Waals surface area contributed by atoms with Gasteiger partial charge < -0.3 is 4.74 Å². The van der Waals surface area contributed by atoms with Crippen LogP contribution in [-0.4, -0.2) is 18.0 Å². The van der Waals surface area contributed by atoms with Crippen molar-refractivity contribution < 1.29 is 4.74 Å². The van der Waals surface area contributed by atoms with Crippen molar-refractivity contribution in [1.82, 2.24) is 0 Å². The summed E-state index contributed by atoms with van der Waals surface area (Å²) in [6.45, 7) is 6.70. The van der Waals surface area contributed by atoms with Crippen LogP contribution in [-0.2, 0) is 4.74 Å². The molecule has 1 aliphatic rings. The predicted molar refractivity (Wildman–Crippen MR) is 121 cm³/mol. The molecule has 0 N–H and O–H groups in total. The van der Waals surface area contributed by atoms with Gasteiger partial charge in [0, 0.05) is 6.42 Å². The minimum Gasteiger partial charge on any atom is -0.475 e. The number of hydrogen-bond donors (Lipinski definition) is 0. The molecule has 0 saturated carbocycles. The molecular weight excluding hydrogens is 330 g/mol. The molecule has 2 heteroatoms. The Kier molecular flexibility index (Phi) is 15.6. The van der Waals surface area contributed by atoms with E-state index in [9.17, 15) is 0 Å². The Morgan fingerprint density at radius 3 is 1.78 bits per heavy atom. The van der Waals surface area contributed by atoms with E-state index in [0.717, 1.165) is 25.2 Å². The fourth-order valence-corrected chi connectivity index (χ4v) is 3.91. The number of unbranched alkanes of at least 4 members (excludes halogenated alkanes) is 12. The Morgan fingerprint density at radius 1 is 0.704 bits per heavy atom. The summed E-state index contributed by atoms with van der Waals surface area (Å²) >= 11 is 0. The van der Waals surface area contributed by atoms with Crippen molar-refractivity contribution in [1.29, 1.82) is 0 Å². The molecule has 1 rings (SSSR count). The highest BCUT2D eigenvalue weighted by atomic mass is 16.5. The summed E-state index contributed by atoms with van der Waals surface area (Å²) in [5.74, 6) is 1.03. The van der Waals surface area contributed by atoms with Crippen LogP contribution in [0.15, 0.2) is 17.1 Å². The molecule has 2 nitrogen and oxygen atoms in total. The van der Waals surface area contributed by atoms with Gasteiger partial charge in [-0.1, -0.05) is 90.7 Å². The first-order chi connectivity index (χ1) is 13.3. The van der Waals surface area contributed by atoms with Gasteiger partial charge in [0.05, 0.1) is 6.04 Å². The molecule has 1 aliphatic heterocycles. The van der Waals surface area contributed by atoms with Crippen LogP contribution in [0.1, 0.15) is 130 Å². The summed E-state index contributed by atoms with van der Waals surface area (Å²) in [7, 11) is 0. The van der Waals surface area contributed by atoms with E-state index in [1.165, 1.54) is 89.9 Å². The Labute approximate surface area is 170 Å². The van der Waals surface area contributed by atoms with E-state index < -0.39 is 0 Å². The fraction of sp³-hybridized carbons (Fsp3) is 0.880. The van der Waals surface area contributed by atoms with Crippen LogP contribution < -0.4 is 0 Å². The molecule has 0 aromatic carbocycles. The first-order valence-corrected chi connectivity index (χ1v) is 12.2. The molecule has 1 heterocycles. The monoisotopic (exact) mass is 377 g/mol. The molecule has 0 radical (unpaired) electrons. The van der Waals surface area contributed by atoms with Crippen LogP contribution >= 0.6 is 0 Å². The maximum atomic E-state index is 5.98. The predicted octanol–water partition coefficient (Wildman–Crippen LogP) is 8.40. The maximum Gasteiger partial charge on any atom is 0.184 e. The zero-order chi connectivity index (χ0) is 19.6. The Balaban J connectivity index is 1.83. The van der Waals surface area contributed by atoms with E-state index in [1.807, 2.05) is 0 Å². The average molecular weight is 378 g/mol. The van der Waals surface area contributed by atoms with Crippen LogP contribution in [0.3, 0.4) is 0 Å². The third kappa shape index (κ3) is 12.3. The minimum atomic E-state index is 0.346. The lowest BCUT2D eigenvalue weighted by Gasteiger charge is -2.13. The molecule has 2 atom stereocenters. The Bertz CT molecular complexity index is 388. The lowest BCUT2D eigenvalue weighted by atomic mass is 10.1. The summed E-state index contributed by atoms with van der Waals surface area (Å²) in [6.07, 6.45) is 27.4. The van der Waals surface area contributed by atoms with Crippen molar-refractivity contribution in [2.24, 2.45) is 4.99 Å². The average Bonchev–Trinajstić information content (AvgIpc) is 3.10. The molecule has 0 spiro atoms. The fourth-order valence-electron chi connectivity index (χ4n) is 3.91. The highest BCUT2D eigenvalue weighted by Crippen LogP contribution is 2.22. The molecule has 27 heavy (non-hydrogen) atoms. The quantitative estimate of drug-likeness (QED) is 0.173. The van der Waals surface area contributed by atoms with E-state index in [0.29, 0.717) is 12.1 Å². The first kappa shape index (κ1) is 24.2. The van der Waals surface area contributed by atoms with Gasteiger partial charge in [0.2, 0.25) is 0 Å². The van der Waals surface area contributed by atoms with E-state index >= 15 is 0 Å². The van der Waals surface area contributed by atoms with Crippen LogP contribution in [0.4, 0.5) is 0 Å². The molecular formula is C25H47NO. The second-order valence-corrected chi connectivity index (χ2v) is 8.25. The van der Waals surface area contributed by atoms with Gasteiger partial charge in [-0.25, -0.2) is 4.99 Å². The van der Waals surface area contributed by atoms with Gasteiger partial charge in [-0.3, -0.25) is 0 Å². The van der Waals surface area contributed by atoms with Gasteiger partial charge >= 0.3 is 0 Å². The number of ether oxygens (including phenoxy) is 1. The summed E-state index contributed by atoms with van der Waals surface area (Å²) < 4.78 is 5.98. The standard InChI is InChI=1S/C25H47NO/c1-4-7-8-9-10-11-12-13-14-15-16-17-18-19-20-21-22-25-26-23(5-2)24(6-3)27-25/h13-14,23-24H,4-12,15-22H2,1-3H3/b14-13-. The van der Waals surface area contributed by atoms with E-state index in [1.54, 1.807) is 0 Å². The molecule has 2 unspecified atom stereocenters. The minimum absolute atomic E-state index is 0.346. The molecule has 0 aromatic rings. The maximum absolute atomic E-state index is 5.98. The number of hydrogen-bond acceptors (Lipinski definition) is 2. The molecule has 0 bridgehead atoms. The van der Waals surface area contributed by atoms with Gasteiger partial charge in [-0.05, 0) is 44.9 Å². The SMILES string of the molecule is CCCCCCCC/C=C\CCCCCCCCC1=NC(CC)C(CC)O1. The third-order valence-corrected chi connectivity index (χ3v) is 5.75. The van der Waals surface area contributed by atoms with Crippen LogP contribution in [0.2, 0.25) is 0 Å². The summed E-state index contributed by atoms with van der Waals surface area (Å²) in [5, 5.41) is 0. The second-order valence-electron chi connectivity index (χ2n) is 8.25. The van der Waals surface area contributed by atoms with Crippen molar-refractivity contribution in [2.75, 3.05) is 0 Å². The van der Waals surface area contributed by atoms with Crippen molar-refractivity contribution in [3.63, 3.8) is 0 Å². The van der Waals surface area contributed by atoms with Crippen molar-refractivity contribution in [2.45, 2.75) is 142 Å². The summed E-state index contributed by atoms with van der Waals surface area (Å²) in [5.41, 5.74) is 0.